The third-order valence-corrected chi connectivity index (χ3v) is 5.49. The first-order valence-electron chi connectivity index (χ1n) is 9.11. The van der Waals surface area contributed by atoms with Gasteiger partial charge in [-0.3, -0.25) is 9.78 Å². The third-order valence-electron chi connectivity index (χ3n) is 4.80. The number of thioether (sulfide) groups is 1. The molecule has 3 rings (SSSR count). The van der Waals surface area contributed by atoms with Gasteiger partial charge in [-0.05, 0) is 30.0 Å². The lowest BCUT2D eigenvalue weighted by Gasteiger charge is -2.29. The standard InChI is InChI=1S/C21H25N5OS/c1-14(27)26-9-8-20(23-2)19(13-26)21(22)25-17-6-4-15(5-7-17)16-10-18(28-3)12-24-11-16/h4-7,10-12,23H,8-9,13H2,1-3H3,(H2,22,25). The van der Waals surface area contributed by atoms with Crippen molar-refractivity contribution in [3.63, 3.8) is 0 Å². The van der Waals surface area contributed by atoms with E-state index < -0.39 is 0 Å². The van der Waals surface area contributed by atoms with E-state index in [1.54, 1.807) is 23.6 Å². The molecule has 0 spiro atoms. The van der Waals surface area contributed by atoms with Crippen LogP contribution in [0.2, 0.25) is 0 Å². The van der Waals surface area contributed by atoms with Gasteiger partial charge in [0.2, 0.25) is 5.91 Å². The smallest absolute Gasteiger partial charge is 0.219 e. The van der Waals surface area contributed by atoms with E-state index in [4.69, 9.17) is 5.73 Å². The molecule has 1 aromatic heterocycles. The monoisotopic (exact) mass is 395 g/mol. The Morgan fingerprint density at radius 1 is 1.25 bits per heavy atom. The highest BCUT2D eigenvalue weighted by atomic mass is 32.2. The van der Waals surface area contributed by atoms with Crippen LogP contribution in [0.5, 0.6) is 0 Å². The van der Waals surface area contributed by atoms with Crippen LogP contribution in [0.4, 0.5) is 5.69 Å². The van der Waals surface area contributed by atoms with Crippen LogP contribution in [0.25, 0.3) is 11.1 Å². The summed E-state index contributed by atoms with van der Waals surface area (Å²) in [5.41, 5.74) is 11.1. The molecule has 0 atom stereocenters. The average molecular weight is 396 g/mol. The van der Waals surface area contributed by atoms with Gasteiger partial charge >= 0.3 is 0 Å². The molecule has 0 bridgehead atoms. The van der Waals surface area contributed by atoms with Gasteiger partial charge in [-0.1, -0.05) is 12.1 Å². The number of pyridine rings is 1. The van der Waals surface area contributed by atoms with E-state index in [9.17, 15) is 4.79 Å². The topological polar surface area (TPSA) is 83.6 Å². The van der Waals surface area contributed by atoms with E-state index in [2.05, 4.69) is 21.4 Å². The Morgan fingerprint density at radius 2 is 2.00 bits per heavy atom. The van der Waals surface area contributed by atoms with E-state index in [1.165, 1.54) is 0 Å². The van der Waals surface area contributed by atoms with Crippen LogP contribution in [-0.2, 0) is 4.79 Å². The molecule has 28 heavy (non-hydrogen) atoms. The van der Waals surface area contributed by atoms with E-state index in [0.717, 1.165) is 39.4 Å². The van der Waals surface area contributed by atoms with Crippen molar-refractivity contribution < 1.29 is 4.79 Å². The van der Waals surface area contributed by atoms with Gasteiger partial charge in [-0.15, -0.1) is 11.8 Å². The molecule has 0 saturated carbocycles. The van der Waals surface area contributed by atoms with Gasteiger partial charge in [-0.25, -0.2) is 4.99 Å². The maximum absolute atomic E-state index is 11.7. The summed E-state index contributed by atoms with van der Waals surface area (Å²) in [6.45, 7) is 2.75. The van der Waals surface area contributed by atoms with Crippen LogP contribution in [0.1, 0.15) is 13.3 Å². The Kier molecular flexibility index (Phi) is 6.36. The van der Waals surface area contributed by atoms with Crippen molar-refractivity contribution in [1.29, 1.82) is 0 Å². The molecule has 0 unspecified atom stereocenters. The minimum atomic E-state index is 0.0471. The highest BCUT2D eigenvalue weighted by molar-refractivity contribution is 7.98. The number of hydrogen-bond acceptors (Lipinski definition) is 5. The lowest BCUT2D eigenvalue weighted by Crippen LogP contribution is -2.40. The number of aromatic nitrogens is 1. The lowest BCUT2D eigenvalue weighted by molar-refractivity contribution is -0.128. The van der Waals surface area contributed by atoms with Gasteiger partial charge in [0, 0.05) is 61.1 Å². The maximum atomic E-state index is 11.7. The number of nitrogens with one attached hydrogen (secondary N) is 1. The summed E-state index contributed by atoms with van der Waals surface area (Å²) in [5.74, 6) is 0.486. The van der Waals surface area contributed by atoms with Gasteiger partial charge in [0.1, 0.15) is 5.84 Å². The highest BCUT2D eigenvalue weighted by Crippen LogP contribution is 2.26. The molecule has 0 saturated heterocycles. The zero-order chi connectivity index (χ0) is 20.1. The van der Waals surface area contributed by atoms with E-state index in [0.29, 0.717) is 18.9 Å². The van der Waals surface area contributed by atoms with Crippen molar-refractivity contribution in [2.24, 2.45) is 10.7 Å². The largest absolute Gasteiger partial charge is 0.391 e. The van der Waals surface area contributed by atoms with Crippen LogP contribution in [-0.4, -0.2) is 48.0 Å². The van der Waals surface area contributed by atoms with Crippen LogP contribution in [0.15, 0.2) is 63.9 Å². The van der Waals surface area contributed by atoms with Crippen LogP contribution in [0, 0.1) is 0 Å². The number of rotatable bonds is 5. The van der Waals surface area contributed by atoms with Gasteiger partial charge < -0.3 is 16.0 Å². The number of amidine groups is 1. The Hall–Kier alpha value is -2.80. The second-order valence-corrected chi connectivity index (χ2v) is 7.43. The molecule has 146 valence electrons. The molecule has 1 aliphatic heterocycles. The summed E-state index contributed by atoms with van der Waals surface area (Å²) in [6, 6.07) is 10.0. The zero-order valence-corrected chi connectivity index (χ0v) is 17.2. The molecule has 0 radical (unpaired) electrons. The second-order valence-electron chi connectivity index (χ2n) is 6.56. The van der Waals surface area contributed by atoms with Crippen molar-refractivity contribution in [1.82, 2.24) is 15.2 Å². The molecule has 1 amide bonds. The first-order valence-corrected chi connectivity index (χ1v) is 10.3. The summed E-state index contributed by atoms with van der Waals surface area (Å²) in [7, 11) is 1.87. The van der Waals surface area contributed by atoms with Crippen LogP contribution < -0.4 is 11.1 Å². The first kappa shape index (κ1) is 19.9. The number of hydrogen-bond donors (Lipinski definition) is 2. The minimum absolute atomic E-state index is 0.0471. The first-order chi connectivity index (χ1) is 13.5. The van der Waals surface area contributed by atoms with E-state index in [1.807, 2.05) is 50.0 Å². The fourth-order valence-corrected chi connectivity index (χ4v) is 3.58. The van der Waals surface area contributed by atoms with Crippen LogP contribution >= 0.6 is 11.8 Å². The molecule has 0 fully saturated rings. The van der Waals surface area contributed by atoms with E-state index in [-0.39, 0.29) is 5.91 Å². The predicted octanol–water partition coefficient (Wildman–Crippen LogP) is 3.18. The molecule has 1 aromatic carbocycles. The molecule has 0 aliphatic carbocycles. The summed E-state index contributed by atoms with van der Waals surface area (Å²) in [6.07, 6.45) is 6.50. The SMILES string of the molecule is CNC1=C(C(N)=Nc2ccc(-c3cncc(SC)c3)cc2)CN(C(C)=O)CC1. The Labute approximate surface area is 169 Å². The summed E-state index contributed by atoms with van der Waals surface area (Å²) in [5, 5.41) is 3.19. The number of benzene rings is 1. The average Bonchev–Trinajstić information content (AvgIpc) is 2.73. The number of nitrogens with zero attached hydrogens (tertiary/aromatic N) is 3. The third kappa shape index (κ3) is 4.54. The fraction of sp³-hybridized carbons (Fsp3) is 0.286. The van der Waals surface area contributed by atoms with Crippen molar-refractivity contribution in [3.05, 3.63) is 54.0 Å². The Morgan fingerprint density at radius 3 is 2.64 bits per heavy atom. The molecule has 1 aliphatic rings. The number of carbonyl (C=O) groups is 1. The van der Waals surface area contributed by atoms with Gasteiger partial charge in [0.25, 0.3) is 0 Å². The minimum Gasteiger partial charge on any atom is -0.391 e. The van der Waals surface area contributed by atoms with E-state index >= 15 is 0 Å². The molecular formula is C21H25N5OS. The van der Waals surface area contributed by atoms with Crippen molar-refractivity contribution in [3.8, 4) is 11.1 Å². The summed E-state index contributed by atoms with van der Waals surface area (Å²) in [4.78, 5) is 23.5. The quantitative estimate of drug-likeness (QED) is 0.461. The molecular weight excluding hydrogens is 370 g/mol. The van der Waals surface area contributed by atoms with Crippen molar-refractivity contribution >= 4 is 29.2 Å². The molecule has 3 N–H and O–H groups in total. The molecule has 2 aromatic rings. The van der Waals surface area contributed by atoms with Gasteiger partial charge in [0.05, 0.1) is 12.2 Å². The lowest BCUT2D eigenvalue weighted by atomic mass is 10.0. The van der Waals surface area contributed by atoms with Gasteiger partial charge in [-0.2, -0.15) is 0 Å². The normalized spacial score (nSPS) is 15.0. The summed E-state index contributed by atoms with van der Waals surface area (Å²) < 4.78 is 0. The molecule has 6 nitrogen and oxygen atoms in total. The predicted molar refractivity (Wildman–Crippen MR) is 116 cm³/mol. The highest BCUT2D eigenvalue weighted by Gasteiger charge is 2.22. The second kappa shape index (κ2) is 8.93. The van der Waals surface area contributed by atoms with Crippen LogP contribution in [0.3, 0.4) is 0 Å². The Bertz CT molecular complexity index is 921. The number of aliphatic imine (C=N–C) groups is 1. The fourth-order valence-electron chi connectivity index (χ4n) is 3.17. The number of amides is 1. The van der Waals surface area contributed by atoms with Crippen molar-refractivity contribution in [2.75, 3.05) is 26.4 Å². The number of nitrogens with two attached hydrogens (primary N) is 1. The molecule has 2 heterocycles. The maximum Gasteiger partial charge on any atom is 0.219 e. The van der Waals surface area contributed by atoms with Crippen molar-refractivity contribution in [2.45, 2.75) is 18.2 Å². The molecule has 7 heteroatoms. The zero-order valence-electron chi connectivity index (χ0n) is 16.4. The summed E-state index contributed by atoms with van der Waals surface area (Å²) >= 11 is 1.67. The van der Waals surface area contributed by atoms with Gasteiger partial charge in [0.15, 0.2) is 0 Å². The Balaban J connectivity index is 1.84. The number of carbonyl (C=O) groups excluding carboxylic acids is 1.